The molecule has 0 bridgehead atoms. The molecule has 0 N–H and O–H groups in total. The molecule has 6 nitrogen and oxygen atoms in total. The van der Waals surface area contributed by atoms with Gasteiger partial charge in [0.05, 0.1) is 23.6 Å². The molecule has 0 unspecified atom stereocenters. The first-order chi connectivity index (χ1) is 12.3. The normalized spacial score (nSPS) is 12.6. The molecule has 142 valence electrons. The highest BCUT2D eigenvalue weighted by Crippen LogP contribution is 2.30. The minimum absolute atomic E-state index is 0.0448. The Morgan fingerprint density at radius 2 is 1.92 bits per heavy atom. The van der Waals surface area contributed by atoms with Gasteiger partial charge in [0.2, 0.25) is 5.43 Å². The third-order valence-electron chi connectivity index (χ3n) is 3.94. The number of carbonyl (C=O) groups excluding carboxylic acids is 1. The molecule has 0 saturated heterocycles. The maximum atomic E-state index is 14.0. The van der Waals surface area contributed by atoms with E-state index in [-0.39, 0.29) is 23.1 Å². The molecule has 26 heavy (non-hydrogen) atoms. The lowest BCUT2D eigenvalue weighted by molar-refractivity contribution is -0.127. The fourth-order valence-corrected chi connectivity index (χ4v) is 3.00. The number of carbonyl (C=O) groups is 1. The monoisotopic (exact) mass is 389 g/mol. The van der Waals surface area contributed by atoms with Crippen molar-refractivity contribution in [2.75, 3.05) is 20.8 Å². The first-order valence-corrected chi connectivity index (χ1v) is 8.11. The summed E-state index contributed by atoms with van der Waals surface area (Å²) in [4.78, 5) is 24.8. The molecule has 2 rings (SSSR count). The average Bonchev–Trinajstić information content (AvgIpc) is 2.61. The van der Waals surface area contributed by atoms with Crippen LogP contribution < -0.4 is 5.43 Å². The molecule has 0 radical (unpaired) electrons. The van der Waals surface area contributed by atoms with Gasteiger partial charge in [-0.3, -0.25) is 4.79 Å². The third-order valence-corrected chi connectivity index (χ3v) is 4.29. The minimum atomic E-state index is -1.30. The number of esters is 1. The fourth-order valence-electron chi connectivity index (χ4n) is 2.72. The summed E-state index contributed by atoms with van der Waals surface area (Å²) in [5.41, 5.74) is -1.22. The van der Waals surface area contributed by atoms with Gasteiger partial charge in [0, 0.05) is 20.4 Å². The van der Waals surface area contributed by atoms with Gasteiger partial charge in [-0.15, -0.1) is 0 Å². The van der Waals surface area contributed by atoms with Crippen LogP contribution >= 0.6 is 11.6 Å². The smallest absolute Gasteiger partial charge is 0.343 e. The SMILES string of the molecule is CCOC(=O)c1cn([C@H](C)C(OC)OC)c2c(Cl)c(F)c(F)cc2c1=O. The molecule has 0 saturated carbocycles. The van der Waals surface area contributed by atoms with E-state index < -0.39 is 40.4 Å². The molecule has 1 atom stereocenters. The van der Waals surface area contributed by atoms with Crippen molar-refractivity contribution in [2.24, 2.45) is 0 Å². The average molecular weight is 390 g/mol. The lowest BCUT2D eigenvalue weighted by atomic mass is 10.1. The van der Waals surface area contributed by atoms with Crippen LogP contribution in [0.1, 0.15) is 30.2 Å². The summed E-state index contributed by atoms with van der Waals surface area (Å²) < 4.78 is 44.4. The Labute approximate surface area is 153 Å². The van der Waals surface area contributed by atoms with Crippen molar-refractivity contribution in [3.05, 3.63) is 44.7 Å². The molecule has 1 heterocycles. The maximum absolute atomic E-state index is 14.0. The van der Waals surface area contributed by atoms with E-state index in [9.17, 15) is 18.4 Å². The summed E-state index contributed by atoms with van der Waals surface area (Å²) in [5.74, 6) is -3.47. The van der Waals surface area contributed by atoms with E-state index in [1.165, 1.54) is 25.0 Å². The number of halogens is 3. The highest BCUT2D eigenvalue weighted by Gasteiger charge is 2.26. The van der Waals surface area contributed by atoms with Crippen molar-refractivity contribution in [1.82, 2.24) is 4.57 Å². The van der Waals surface area contributed by atoms with E-state index in [1.807, 2.05) is 0 Å². The highest BCUT2D eigenvalue weighted by atomic mass is 35.5. The first-order valence-electron chi connectivity index (χ1n) is 7.73. The van der Waals surface area contributed by atoms with Crippen molar-refractivity contribution in [3.8, 4) is 0 Å². The lowest BCUT2D eigenvalue weighted by Gasteiger charge is -2.26. The summed E-state index contributed by atoms with van der Waals surface area (Å²) >= 11 is 5.96. The van der Waals surface area contributed by atoms with Gasteiger partial charge in [-0.2, -0.15) is 0 Å². The summed E-state index contributed by atoms with van der Waals surface area (Å²) in [5, 5.41) is -0.831. The summed E-state index contributed by atoms with van der Waals surface area (Å²) in [7, 11) is 2.78. The van der Waals surface area contributed by atoms with Crippen LogP contribution in [-0.2, 0) is 14.2 Å². The second-order valence-corrected chi connectivity index (χ2v) is 5.84. The maximum Gasteiger partial charge on any atom is 0.343 e. The van der Waals surface area contributed by atoms with E-state index in [4.69, 9.17) is 25.8 Å². The van der Waals surface area contributed by atoms with Crippen LogP contribution in [-0.4, -0.2) is 37.7 Å². The zero-order valence-electron chi connectivity index (χ0n) is 14.6. The number of hydrogen-bond acceptors (Lipinski definition) is 5. The van der Waals surface area contributed by atoms with Crippen LogP contribution in [0, 0.1) is 11.6 Å². The Morgan fingerprint density at radius 3 is 2.46 bits per heavy atom. The van der Waals surface area contributed by atoms with Crippen LogP contribution in [0.15, 0.2) is 17.1 Å². The molecule has 0 aliphatic rings. The highest BCUT2D eigenvalue weighted by molar-refractivity contribution is 6.35. The minimum Gasteiger partial charge on any atom is -0.462 e. The summed E-state index contributed by atoms with van der Waals surface area (Å²) in [6.07, 6.45) is 0.377. The quantitative estimate of drug-likeness (QED) is 0.431. The molecule has 0 aliphatic carbocycles. The fraction of sp³-hybridized carbons (Fsp3) is 0.412. The first kappa shape index (κ1) is 20.3. The Hall–Kier alpha value is -2.03. The number of hydrogen-bond donors (Lipinski definition) is 0. The second kappa shape index (κ2) is 8.11. The van der Waals surface area contributed by atoms with Gasteiger partial charge in [-0.1, -0.05) is 11.6 Å². The number of ether oxygens (including phenoxy) is 3. The molecule has 1 aromatic heterocycles. The van der Waals surface area contributed by atoms with Crippen LogP contribution in [0.25, 0.3) is 10.9 Å². The van der Waals surface area contributed by atoms with Crippen LogP contribution in [0.4, 0.5) is 8.78 Å². The number of aromatic nitrogens is 1. The Balaban J connectivity index is 2.91. The standard InChI is InChI=1S/C17H18ClF2NO5/c1-5-26-16(23)10-7-21(8(2)17(24-3)25-4)14-9(15(10)22)6-11(19)13(20)12(14)18/h6-8,17H,5H2,1-4H3/t8-/m1/s1. The van der Waals surface area contributed by atoms with E-state index in [0.717, 1.165) is 0 Å². The number of nitrogens with zero attached hydrogens (tertiary/aromatic N) is 1. The molecule has 0 amide bonds. The third kappa shape index (κ3) is 3.44. The predicted molar refractivity (Wildman–Crippen MR) is 91.6 cm³/mol. The van der Waals surface area contributed by atoms with Gasteiger partial charge in [0.1, 0.15) is 10.6 Å². The van der Waals surface area contributed by atoms with Gasteiger partial charge in [0.25, 0.3) is 0 Å². The summed E-state index contributed by atoms with van der Waals surface area (Å²) in [6, 6.07) is 0.0723. The molecule has 2 aromatic rings. The van der Waals surface area contributed by atoms with E-state index in [2.05, 4.69) is 0 Å². The van der Waals surface area contributed by atoms with Gasteiger partial charge in [-0.25, -0.2) is 13.6 Å². The van der Waals surface area contributed by atoms with Crippen molar-refractivity contribution in [2.45, 2.75) is 26.2 Å². The van der Waals surface area contributed by atoms with Crippen LogP contribution in [0.3, 0.4) is 0 Å². The van der Waals surface area contributed by atoms with Gasteiger partial charge < -0.3 is 18.8 Å². The molecule has 0 fully saturated rings. The van der Waals surface area contributed by atoms with E-state index >= 15 is 0 Å². The van der Waals surface area contributed by atoms with Crippen molar-refractivity contribution in [3.63, 3.8) is 0 Å². The van der Waals surface area contributed by atoms with Crippen molar-refractivity contribution >= 4 is 28.5 Å². The van der Waals surface area contributed by atoms with E-state index in [1.54, 1.807) is 13.8 Å². The Kier molecular flexibility index (Phi) is 6.33. The summed E-state index contributed by atoms with van der Waals surface area (Å²) in [6.45, 7) is 3.27. The molecule has 0 spiro atoms. The molecule has 1 aromatic carbocycles. The molecule has 0 aliphatic heterocycles. The van der Waals surface area contributed by atoms with Gasteiger partial charge in [-0.05, 0) is 19.9 Å². The molecule has 9 heteroatoms. The number of methoxy groups -OCH3 is 2. The van der Waals surface area contributed by atoms with Gasteiger partial charge in [0.15, 0.2) is 17.9 Å². The molecular weight excluding hydrogens is 372 g/mol. The van der Waals surface area contributed by atoms with Crippen molar-refractivity contribution in [1.29, 1.82) is 0 Å². The molecular formula is C17H18ClF2NO5. The van der Waals surface area contributed by atoms with Crippen LogP contribution in [0.2, 0.25) is 5.02 Å². The Bertz CT molecular complexity index is 895. The predicted octanol–water partition coefficient (Wildman–Crippen LogP) is 3.29. The largest absolute Gasteiger partial charge is 0.462 e. The van der Waals surface area contributed by atoms with Crippen LogP contribution in [0.5, 0.6) is 0 Å². The number of pyridine rings is 1. The zero-order valence-corrected chi connectivity index (χ0v) is 15.4. The number of rotatable bonds is 6. The van der Waals surface area contributed by atoms with Gasteiger partial charge >= 0.3 is 5.97 Å². The number of fused-ring (bicyclic) bond motifs is 1. The zero-order chi connectivity index (χ0) is 19.6. The van der Waals surface area contributed by atoms with E-state index in [0.29, 0.717) is 6.07 Å². The second-order valence-electron chi connectivity index (χ2n) is 5.46. The van der Waals surface area contributed by atoms with Crippen molar-refractivity contribution < 1.29 is 27.8 Å². The number of benzene rings is 1. The lowest BCUT2D eigenvalue weighted by Crippen LogP contribution is -2.29. The Morgan fingerprint density at radius 1 is 1.31 bits per heavy atom. The topological polar surface area (TPSA) is 66.8 Å².